The number of aliphatic carboxylic acids is 1. The monoisotopic (exact) mass is 266 g/mol. The van der Waals surface area contributed by atoms with Crippen LogP contribution in [0.4, 0.5) is 0 Å². The second-order valence-electron chi connectivity index (χ2n) is 4.76. The molecule has 106 valence electrons. The molecule has 1 rings (SSSR count). The van der Waals surface area contributed by atoms with Crippen molar-refractivity contribution in [3.63, 3.8) is 0 Å². The van der Waals surface area contributed by atoms with Crippen molar-refractivity contribution in [1.82, 2.24) is 9.80 Å². The Balaban J connectivity index is 2.43. The van der Waals surface area contributed by atoms with Gasteiger partial charge >= 0.3 is 5.97 Å². The number of hydrogen-bond donors (Lipinski definition) is 1. The Kier molecular flexibility index (Phi) is 6.29. The van der Waals surface area contributed by atoms with Crippen LogP contribution in [0.2, 0.25) is 0 Å². The van der Waals surface area contributed by atoms with Gasteiger partial charge in [0.2, 0.25) is 5.91 Å². The fourth-order valence-electron chi connectivity index (χ4n) is 2.24. The van der Waals surface area contributed by atoms with Crippen molar-refractivity contribution in [2.24, 2.45) is 5.92 Å². The molecule has 1 fully saturated rings. The molecule has 0 radical (unpaired) electrons. The third-order valence-electron chi connectivity index (χ3n) is 3.33. The van der Waals surface area contributed by atoms with Gasteiger partial charge in [0.25, 0.3) is 0 Å². The molecule has 0 atom stereocenters. The molecule has 0 bridgehead atoms. The normalized spacial score (nSPS) is 16.4. The van der Waals surface area contributed by atoms with Crippen LogP contribution in [0, 0.1) is 5.92 Å². The van der Waals surface area contributed by atoms with Crippen molar-refractivity contribution in [3.8, 4) is 0 Å². The van der Waals surface area contributed by atoms with Crippen LogP contribution in [0.5, 0.6) is 0 Å². The quantitative estimate of drug-likeness (QED) is 0.698. The number of piperidine rings is 1. The molecule has 0 aromatic carbocycles. The predicted molar refractivity (Wildman–Crippen MR) is 73.8 cm³/mol. The number of hydrogen-bond acceptors (Lipinski definition) is 3. The van der Waals surface area contributed by atoms with Gasteiger partial charge in [0.05, 0.1) is 12.5 Å². The topological polar surface area (TPSA) is 60.9 Å². The minimum absolute atomic E-state index is 0.0486. The molecular formula is C14H22N2O3. The van der Waals surface area contributed by atoms with Gasteiger partial charge in [-0.3, -0.25) is 14.5 Å². The third-order valence-corrected chi connectivity index (χ3v) is 3.33. The second-order valence-corrected chi connectivity index (χ2v) is 4.76. The van der Waals surface area contributed by atoms with Crippen LogP contribution in [0.3, 0.4) is 0 Å². The van der Waals surface area contributed by atoms with Crippen LogP contribution >= 0.6 is 0 Å². The van der Waals surface area contributed by atoms with E-state index in [1.807, 2.05) is 4.90 Å². The first-order chi connectivity index (χ1) is 9.08. The van der Waals surface area contributed by atoms with Crippen molar-refractivity contribution in [2.45, 2.75) is 12.8 Å². The molecule has 19 heavy (non-hydrogen) atoms. The molecule has 1 saturated heterocycles. The molecule has 5 nitrogen and oxygen atoms in total. The van der Waals surface area contributed by atoms with E-state index in [1.165, 1.54) is 0 Å². The number of carboxylic acid groups (broad SMARTS) is 1. The van der Waals surface area contributed by atoms with Gasteiger partial charge in [0, 0.05) is 26.2 Å². The minimum atomic E-state index is -0.757. The highest BCUT2D eigenvalue weighted by Gasteiger charge is 2.27. The van der Waals surface area contributed by atoms with Gasteiger partial charge in [0.1, 0.15) is 0 Å². The summed E-state index contributed by atoms with van der Waals surface area (Å²) in [5.41, 5.74) is 0. The average Bonchev–Trinajstić information content (AvgIpc) is 2.39. The van der Waals surface area contributed by atoms with Crippen LogP contribution in [-0.2, 0) is 9.59 Å². The summed E-state index contributed by atoms with van der Waals surface area (Å²) in [6.07, 6.45) is 4.61. The van der Waals surface area contributed by atoms with Gasteiger partial charge in [-0.1, -0.05) is 12.2 Å². The lowest BCUT2D eigenvalue weighted by atomic mass is 9.97. The fourth-order valence-corrected chi connectivity index (χ4v) is 2.24. The lowest BCUT2D eigenvalue weighted by Crippen LogP contribution is -2.45. The number of amides is 1. The highest BCUT2D eigenvalue weighted by Crippen LogP contribution is 2.17. The molecule has 5 heteroatoms. The number of likely N-dealkylation sites (tertiary alicyclic amines) is 1. The van der Waals surface area contributed by atoms with Crippen molar-refractivity contribution in [3.05, 3.63) is 25.3 Å². The third kappa shape index (κ3) is 4.87. The molecule has 1 amide bonds. The Labute approximate surface area is 114 Å². The average molecular weight is 266 g/mol. The van der Waals surface area contributed by atoms with Crippen LogP contribution in [0.15, 0.2) is 25.3 Å². The summed E-state index contributed by atoms with van der Waals surface area (Å²) in [7, 11) is 0. The summed E-state index contributed by atoms with van der Waals surface area (Å²) in [6.45, 7) is 10.0. The van der Waals surface area contributed by atoms with Gasteiger partial charge in [-0.2, -0.15) is 0 Å². The van der Waals surface area contributed by atoms with E-state index in [0.29, 0.717) is 45.6 Å². The lowest BCUT2D eigenvalue weighted by Gasteiger charge is -2.31. The first-order valence-corrected chi connectivity index (χ1v) is 6.53. The predicted octanol–water partition coefficient (Wildman–Crippen LogP) is 0.984. The summed E-state index contributed by atoms with van der Waals surface area (Å²) in [5, 5.41) is 8.91. The van der Waals surface area contributed by atoms with Gasteiger partial charge in [-0.05, 0) is 12.8 Å². The summed E-state index contributed by atoms with van der Waals surface area (Å²) >= 11 is 0. The molecule has 1 N–H and O–H groups in total. The smallest absolute Gasteiger partial charge is 0.306 e. The Morgan fingerprint density at radius 3 is 2.16 bits per heavy atom. The Hall–Kier alpha value is -1.62. The molecule has 0 aromatic rings. The number of rotatable bonds is 7. The number of carboxylic acids is 1. The largest absolute Gasteiger partial charge is 0.481 e. The van der Waals surface area contributed by atoms with Gasteiger partial charge in [0.15, 0.2) is 0 Å². The van der Waals surface area contributed by atoms with Crippen LogP contribution in [0.25, 0.3) is 0 Å². The van der Waals surface area contributed by atoms with Crippen LogP contribution in [0.1, 0.15) is 12.8 Å². The number of carbonyl (C=O) groups excluding carboxylic acids is 1. The van der Waals surface area contributed by atoms with E-state index in [4.69, 9.17) is 5.11 Å². The summed E-state index contributed by atoms with van der Waals surface area (Å²) in [6, 6.07) is 0. The standard InChI is InChI=1S/C14H22N2O3/c1-3-7-15(8-4-2)11-13(17)16-9-5-12(6-10-16)14(18)19/h3-4,12H,1-2,5-11H2,(H,18,19). The van der Waals surface area contributed by atoms with Crippen molar-refractivity contribution >= 4 is 11.9 Å². The number of carbonyl (C=O) groups is 2. The van der Waals surface area contributed by atoms with Crippen LogP contribution < -0.4 is 0 Å². The van der Waals surface area contributed by atoms with E-state index < -0.39 is 5.97 Å². The first-order valence-electron chi connectivity index (χ1n) is 6.53. The van der Waals surface area contributed by atoms with Crippen molar-refractivity contribution < 1.29 is 14.7 Å². The second kappa shape index (κ2) is 7.74. The highest BCUT2D eigenvalue weighted by atomic mass is 16.4. The van der Waals surface area contributed by atoms with Gasteiger partial charge in [-0.25, -0.2) is 0 Å². The van der Waals surface area contributed by atoms with Crippen molar-refractivity contribution in [1.29, 1.82) is 0 Å². The highest BCUT2D eigenvalue weighted by molar-refractivity contribution is 5.79. The number of nitrogens with zero attached hydrogens (tertiary/aromatic N) is 2. The molecule has 0 unspecified atom stereocenters. The SMILES string of the molecule is C=CCN(CC=C)CC(=O)N1CCC(C(=O)O)CC1. The zero-order valence-electron chi connectivity index (χ0n) is 11.3. The molecule has 0 aliphatic carbocycles. The molecule has 0 saturated carbocycles. The zero-order valence-corrected chi connectivity index (χ0v) is 11.3. The molecular weight excluding hydrogens is 244 g/mol. The summed E-state index contributed by atoms with van der Waals surface area (Å²) in [4.78, 5) is 26.6. The molecule has 1 heterocycles. The fraction of sp³-hybridized carbons (Fsp3) is 0.571. The van der Waals surface area contributed by atoms with E-state index in [-0.39, 0.29) is 11.8 Å². The Morgan fingerprint density at radius 1 is 1.21 bits per heavy atom. The van der Waals surface area contributed by atoms with E-state index in [0.717, 1.165) is 0 Å². The van der Waals surface area contributed by atoms with E-state index in [1.54, 1.807) is 17.1 Å². The maximum atomic E-state index is 12.1. The van der Waals surface area contributed by atoms with E-state index >= 15 is 0 Å². The molecule has 1 aliphatic heterocycles. The summed E-state index contributed by atoms with van der Waals surface area (Å²) in [5.74, 6) is -1.01. The van der Waals surface area contributed by atoms with Crippen LogP contribution in [-0.4, -0.2) is 59.5 Å². The maximum absolute atomic E-state index is 12.1. The summed E-state index contributed by atoms with van der Waals surface area (Å²) < 4.78 is 0. The minimum Gasteiger partial charge on any atom is -0.481 e. The Bertz CT molecular complexity index is 337. The van der Waals surface area contributed by atoms with Gasteiger partial charge < -0.3 is 10.0 Å². The Morgan fingerprint density at radius 2 is 1.74 bits per heavy atom. The van der Waals surface area contributed by atoms with Gasteiger partial charge in [-0.15, -0.1) is 13.2 Å². The molecule has 1 aliphatic rings. The van der Waals surface area contributed by atoms with E-state index in [9.17, 15) is 9.59 Å². The maximum Gasteiger partial charge on any atom is 0.306 e. The molecule has 0 aromatic heterocycles. The molecule has 0 spiro atoms. The lowest BCUT2D eigenvalue weighted by molar-refractivity contribution is -0.145. The zero-order chi connectivity index (χ0) is 14.3. The first kappa shape index (κ1) is 15.4. The van der Waals surface area contributed by atoms with Crippen molar-refractivity contribution in [2.75, 3.05) is 32.7 Å². The van der Waals surface area contributed by atoms with E-state index in [2.05, 4.69) is 13.2 Å².